The first-order valence-corrected chi connectivity index (χ1v) is 5.35. The largest absolute Gasteiger partial charge is 0.329 e. The first kappa shape index (κ1) is 11.1. The van der Waals surface area contributed by atoms with Gasteiger partial charge in [0.2, 0.25) is 5.91 Å². The second kappa shape index (κ2) is 3.87. The lowest BCUT2D eigenvalue weighted by molar-refractivity contribution is -0.120. The molecule has 0 heterocycles. The highest BCUT2D eigenvalue weighted by Crippen LogP contribution is 2.45. The van der Waals surface area contributed by atoms with Crippen molar-refractivity contribution in [2.24, 2.45) is 11.1 Å². The zero-order chi connectivity index (χ0) is 11.8. The Labute approximate surface area is 93.8 Å². The van der Waals surface area contributed by atoms with E-state index in [-0.39, 0.29) is 17.1 Å². The molecular weight excluding hydrogens is 207 g/mol. The van der Waals surface area contributed by atoms with Crippen molar-refractivity contribution in [2.75, 3.05) is 11.9 Å². The molecule has 1 aromatic carbocycles. The number of aryl methyl sites for hydroxylation is 1. The lowest BCUT2D eigenvalue weighted by Crippen LogP contribution is -2.30. The summed E-state index contributed by atoms with van der Waals surface area (Å²) in [5.74, 6) is -0.320. The zero-order valence-electron chi connectivity index (χ0n) is 9.22. The van der Waals surface area contributed by atoms with Crippen molar-refractivity contribution < 1.29 is 9.18 Å². The fourth-order valence-corrected chi connectivity index (χ4v) is 1.66. The monoisotopic (exact) mass is 222 g/mol. The Morgan fingerprint density at radius 3 is 2.75 bits per heavy atom. The van der Waals surface area contributed by atoms with Crippen molar-refractivity contribution in [1.82, 2.24) is 0 Å². The van der Waals surface area contributed by atoms with E-state index < -0.39 is 0 Å². The Hall–Kier alpha value is -1.42. The molecule has 4 heteroatoms. The molecule has 0 spiro atoms. The fourth-order valence-electron chi connectivity index (χ4n) is 1.66. The Bertz CT molecular complexity index is 427. The van der Waals surface area contributed by atoms with Crippen LogP contribution in [-0.2, 0) is 4.79 Å². The Kier molecular flexibility index (Phi) is 2.68. The van der Waals surface area contributed by atoms with Gasteiger partial charge >= 0.3 is 0 Å². The Balaban J connectivity index is 2.09. The molecule has 2 rings (SSSR count). The van der Waals surface area contributed by atoms with Gasteiger partial charge in [-0.05, 0) is 43.5 Å². The lowest BCUT2D eigenvalue weighted by Gasteiger charge is -2.13. The molecule has 0 aliphatic heterocycles. The molecule has 3 N–H and O–H groups in total. The van der Waals surface area contributed by atoms with E-state index in [1.54, 1.807) is 19.1 Å². The van der Waals surface area contributed by atoms with Crippen molar-refractivity contribution >= 4 is 11.6 Å². The van der Waals surface area contributed by atoms with Gasteiger partial charge in [-0.15, -0.1) is 0 Å². The third-order valence-corrected chi connectivity index (χ3v) is 3.14. The quantitative estimate of drug-likeness (QED) is 0.819. The average Bonchev–Trinajstić information content (AvgIpc) is 3.04. The summed E-state index contributed by atoms with van der Waals surface area (Å²) in [4.78, 5) is 11.8. The topological polar surface area (TPSA) is 55.1 Å². The molecular formula is C12H15FN2O. The standard InChI is InChI=1S/C12H15FN2O/c1-8-6-9(2-3-10(8)13)15-11(16)12(7-14)4-5-12/h2-3,6H,4-5,7,14H2,1H3,(H,15,16). The van der Waals surface area contributed by atoms with E-state index in [2.05, 4.69) is 5.32 Å². The third kappa shape index (κ3) is 1.93. The smallest absolute Gasteiger partial charge is 0.231 e. The first-order valence-electron chi connectivity index (χ1n) is 5.35. The van der Waals surface area contributed by atoms with E-state index in [9.17, 15) is 9.18 Å². The summed E-state index contributed by atoms with van der Waals surface area (Å²) in [5.41, 5.74) is 6.34. The molecule has 0 saturated heterocycles. The van der Waals surface area contributed by atoms with E-state index in [0.717, 1.165) is 12.8 Å². The molecule has 1 aliphatic rings. The second-order valence-electron chi connectivity index (χ2n) is 4.40. The van der Waals surface area contributed by atoms with Gasteiger partial charge in [-0.25, -0.2) is 4.39 Å². The van der Waals surface area contributed by atoms with Crippen molar-refractivity contribution in [3.8, 4) is 0 Å². The number of benzene rings is 1. The molecule has 0 unspecified atom stereocenters. The minimum Gasteiger partial charge on any atom is -0.329 e. The van der Waals surface area contributed by atoms with Gasteiger partial charge in [0.1, 0.15) is 5.82 Å². The molecule has 1 saturated carbocycles. The normalized spacial score (nSPS) is 16.9. The van der Waals surface area contributed by atoms with Crippen LogP contribution in [0.4, 0.5) is 10.1 Å². The van der Waals surface area contributed by atoms with Crippen molar-refractivity contribution in [3.05, 3.63) is 29.6 Å². The van der Waals surface area contributed by atoms with Crippen LogP contribution >= 0.6 is 0 Å². The number of nitrogens with two attached hydrogens (primary N) is 1. The summed E-state index contributed by atoms with van der Waals surface area (Å²) in [7, 11) is 0. The number of nitrogens with one attached hydrogen (secondary N) is 1. The molecule has 86 valence electrons. The number of carbonyl (C=O) groups excluding carboxylic acids is 1. The van der Waals surface area contributed by atoms with Gasteiger partial charge in [0.15, 0.2) is 0 Å². The highest BCUT2D eigenvalue weighted by Gasteiger charge is 2.48. The number of amides is 1. The van der Waals surface area contributed by atoms with Gasteiger partial charge in [-0.1, -0.05) is 0 Å². The van der Waals surface area contributed by atoms with Crippen LogP contribution in [0.1, 0.15) is 18.4 Å². The zero-order valence-corrected chi connectivity index (χ0v) is 9.22. The number of carbonyl (C=O) groups is 1. The number of rotatable bonds is 3. The maximum absolute atomic E-state index is 13.0. The minimum absolute atomic E-state index is 0.0546. The summed E-state index contributed by atoms with van der Waals surface area (Å²) in [6, 6.07) is 4.54. The van der Waals surface area contributed by atoms with Crippen molar-refractivity contribution in [2.45, 2.75) is 19.8 Å². The maximum atomic E-state index is 13.0. The fraction of sp³-hybridized carbons (Fsp3) is 0.417. The third-order valence-electron chi connectivity index (χ3n) is 3.14. The van der Waals surface area contributed by atoms with E-state index in [0.29, 0.717) is 17.8 Å². The van der Waals surface area contributed by atoms with E-state index in [1.807, 2.05) is 0 Å². The van der Waals surface area contributed by atoms with Gasteiger partial charge in [0, 0.05) is 12.2 Å². The van der Waals surface area contributed by atoms with Crippen LogP contribution in [0.3, 0.4) is 0 Å². The molecule has 3 nitrogen and oxygen atoms in total. The van der Waals surface area contributed by atoms with Crippen LogP contribution in [0.15, 0.2) is 18.2 Å². The van der Waals surface area contributed by atoms with Crippen molar-refractivity contribution in [3.63, 3.8) is 0 Å². The maximum Gasteiger partial charge on any atom is 0.231 e. The number of anilines is 1. The van der Waals surface area contributed by atoms with Crippen molar-refractivity contribution in [1.29, 1.82) is 0 Å². The van der Waals surface area contributed by atoms with E-state index in [1.165, 1.54) is 6.07 Å². The highest BCUT2D eigenvalue weighted by atomic mass is 19.1. The SMILES string of the molecule is Cc1cc(NC(=O)C2(CN)CC2)ccc1F. The Morgan fingerprint density at radius 2 is 2.25 bits per heavy atom. The summed E-state index contributed by atoms with van der Waals surface area (Å²) < 4.78 is 13.0. The predicted molar refractivity (Wildman–Crippen MR) is 60.5 cm³/mol. The highest BCUT2D eigenvalue weighted by molar-refractivity contribution is 5.97. The van der Waals surface area contributed by atoms with Gasteiger partial charge in [0.25, 0.3) is 0 Å². The number of hydrogen-bond donors (Lipinski definition) is 2. The van der Waals surface area contributed by atoms with Crippen LogP contribution in [0.5, 0.6) is 0 Å². The average molecular weight is 222 g/mol. The van der Waals surface area contributed by atoms with Crippen LogP contribution in [0, 0.1) is 18.2 Å². The number of halogens is 1. The predicted octanol–water partition coefficient (Wildman–Crippen LogP) is 1.81. The van der Waals surface area contributed by atoms with Crippen LogP contribution in [-0.4, -0.2) is 12.5 Å². The molecule has 1 fully saturated rings. The molecule has 1 amide bonds. The van der Waals surface area contributed by atoms with E-state index >= 15 is 0 Å². The summed E-state index contributed by atoms with van der Waals surface area (Å²) >= 11 is 0. The van der Waals surface area contributed by atoms with Gasteiger partial charge < -0.3 is 11.1 Å². The molecule has 0 radical (unpaired) electrons. The molecule has 16 heavy (non-hydrogen) atoms. The second-order valence-corrected chi connectivity index (χ2v) is 4.40. The van der Waals surface area contributed by atoms with Gasteiger partial charge in [0.05, 0.1) is 5.41 Å². The molecule has 0 aromatic heterocycles. The molecule has 0 bridgehead atoms. The summed E-state index contributed by atoms with van der Waals surface area (Å²) in [5, 5.41) is 2.78. The summed E-state index contributed by atoms with van der Waals surface area (Å²) in [6.45, 7) is 2.04. The van der Waals surface area contributed by atoms with Crippen LogP contribution < -0.4 is 11.1 Å². The first-order chi connectivity index (χ1) is 7.57. The Morgan fingerprint density at radius 1 is 1.56 bits per heavy atom. The van der Waals surface area contributed by atoms with Crippen LogP contribution in [0.25, 0.3) is 0 Å². The molecule has 1 aliphatic carbocycles. The van der Waals surface area contributed by atoms with Gasteiger partial charge in [-0.2, -0.15) is 0 Å². The number of hydrogen-bond acceptors (Lipinski definition) is 2. The van der Waals surface area contributed by atoms with E-state index in [4.69, 9.17) is 5.73 Å². The van der Waals surface area contributed by atoms with Crippen LogP contribution in [0.2, 0.25) is 0 Å². The summed E-state index contributed by atoms with van der Waals surface area (Å²) in [6.07, 6.45) is 1.69. The molecule has 1 aromatic rings. The lowest BCUT2D eigenvalue weighted by atomic mass is 10.1. The molecule has 0 atom stereocenters. The van der Waals surface area contributed by atoms with Gasteiger partial charge in [-0.3, -0.25) is 4.79 Å². The minimum atomic E-state index is -0.373.